The standard InChI is InChI=1S/C17H22ClN5O2S/c1-10(14(24)19-15(25)20-17(2,3)4)26-16-22-21-13(23(16)5)11-6-8-12(18)9-7-11/h6-10H,1-5H3,(H2,19,20,24,25)/t10-/m0/s1. The van der Waals surface area contributed by atoms with Crippen molar-refractivity contribution in [3.05, 3.63) is 29.3 Å². The Labute approximate surface area is 161 Å². The average Bonchev–Trinajstić information content (AvgIpc) is 2.87. The highest BCUT2D eigenvalue weighted by Gasteiger charge is 2.22. The molecule has 0 aliphatic rings. The summed E-state index contributed by atoms with van der Waals surface area (Å²) in [6.07, 6.45) is 0. The third-order valence-electron chi connectivity index (χ3n) is 3.31. The predicted molar refractivity (Wildman–Crippen MR) is 103 cm³/mol. The largest absolute Gasteiger partial charge is 0.333 e. The molecular formula is C17H22ClN5O2S. The lowest BCUT2D eigenvalue weighted by Gasteiger charge is -2.21. The quantitative estimate of drug-likeness (QED) is 0.776. The van der Waals surface area contributed by atoms with Crippen molar-refractivity contribution in [1.82, 2.24) is 25.4 Å². The fourth-order valence-electron chi connectivity index (χ4n) is 2.06. The van der Waals surface area contributed by atoms with Crippen LogP contribution in [0.1, 0.15) is 27.7 Å². The first kappa shape index (κ1) is 20.3. The lowest BCUT2D eigenvalue weighted by molar-refractivity contribution is -0.119. The van der Waals surface area contributed by atoms with Crippen LogP contribution in [0, 0.1) is 0 Å². The lowest BCUT2D eigenvalue weighted by atomic mass is 10.1. The summed E-state index contributed by atoms with van der Waals surface area (Å²) in [5.41, 5.74) is 0.454. The Morgan fingerprint density at radius 3 is 2.38 bits per heavy atom. The first-order chi connectivity index (χ1) is 12.1. The number of thioether (sulfide) groups is 1. The molecule has 2 aromatic rings. The number of imide groups is 1. The molecule has 0 spiro atoms. The third kappa shape index (κ3) is 5.47. The highest BCUT2D eigenvalue weighted by Crippen LogP contribution is 2.26. The summed E-state index contributed by atoms with van der Waals surface area (Å²) in [5, 5.41) is 14.0. The van der Waals surface area contributed by atoms with E-state index in [1.165, 1.54) is 11.8 Å². The van der Waals surface area contributed by atoms with Gasteiger partial charge in [0.05, 0.1) is 5.25 Å². The van der Waals surface area contributed by atoms with Crippen molar-refractivity contribution in [2.24, 2.45) is 7.05 Å². The summed E-state index contributed by atoms with van der Waals surface area (Å²) in [6, 6.07) is 6.75. The number of halogens is 1. The molecule has 0 saturated heterocycles. The highest BCUT2D eigenvalue weighted by atomic mass is 35.5. The number of nitrogens with one attached hydrogen (secondary N) is 2. The van der Waals surface area contributed by atoms with Crippen LogP contribution in [0.25, 0.3) is 11.4 Å². The van der Waals surface area contributed by atoms with Gasteiger partial charge >= 0.3 is 6.03 Å². The number of urea groups is 1. The number of aromatic nitrogens is 3. The maximum Gasteiger partial charge on any atom is 0.321 e. The number of carbonyl (C=O) groups excluding carboxylic acids is 2. The Morgan fingerprint density at radius 1 is 1.19 bits per heavy atom. The molecule has 140 valence electrons. The van der Waals surface area contributed by atoms with E-state index in [-0.39, 0.29) is 0 Å². The van der Waals surface area contributed by atoms with E-state index in [9.17, 15) is 9.59 Å². The Bertz CT molecular complexity index is 798. The molecule has 1 aromatic heterocycles. The van der Waals surface area contributed by atoms with E-state index in [0.29, 0.717) is 16.0 Å². The summed E-state index contributed by atoms with van der Waals surface area (Å²) in [5.74, 6) is 0.273. The van der Waals surface area contributed by atoms with Crippen LogP contribution in [-0.2, 0) is 11.8 Å². The zero-order valence-electron chi connectivity index (χ0n) is 15.3. The zero-order chi connectivity index (χ0) is 19.5. The molecule has 0 unspecified atom stereocenters. The van der Waals surface area contributed by atoms with E-state index >= 15 is 0 Å². The van der Waals surface area contributed by atoms with Gasteiger partial charge in [-0.15, -0.1) is 10.2 Å². The third-order valence-corrected chi connectivity index (χ3v) is 4.70. The maximum atomic E-state index is 12.2. The Hall–Kier alpha value is -2.06. The van der Waals surface area contributed by atoms with E-state index < -0.39 is 22.7 Å². The van der Waals surface area contributed by atoms with Crippen molar-refractivity contribution in [2.75, 3.05) is 0 Å². The van der Waals surface area contributed by atoms with Crippen LogP contribution in [0.3, 0.4) is 0 Å². The minimum atomic E-state index is -0.519. The Morgan fingerprint density at radius 2 is 1.81 bits per heavy atom. The number of amides is 3. The fraction of sp³-hybridized carbons (Fsp3) is 0.412. The summed E-state index contributed by atoms with van der Waals surface area (Å²) in [4.78, 5) is 24.0. The number of carbonyl (C=O) groups is 2. The summed E-state index contributed by atoms with van der Waals surface area (Å²) < 4.78 is 1.80. The second kappa shape index (κ2) is 8.09. The number of hydrogen-bond donors (Lipinski definition) is 2. The summed E-state index contributed by atoms with van der Waals surface area (Å²) in [6.45, 7) is 7.23. The molecular weight excluding hydrogens is 374 g/mol. The van der Waals surface area contributed by atoms with Crippen LogP contribution in [0.4, 0.5) is 4.79 Å². The van der Waals surface area contributed by atoms with Crippen molar-refractivity contribution >= 4 is 35.3 Å². The van der Waals surface area contributed by atoms with Gasteiger partial charge in [-0.2, -0.15) is 0 Å². The maximum absolute atomic E-state index is 12.2. The van der Waals surface area contributed by atoms with Crippen molar-refractivity contribution in [3.63, 3.8) is 0 Å². The van der Waals surface area contributed by atoms with Crippen LogP contribution in [-0.4, -0.2) is 37.5 Å². The van der Waals surface area contributed by atoms with Gasteiger partial charge in [-0.1, -0.05) is 23.4 Å². The van der Waals surface area contributed by atoms with E-state index in [4.69, 9.17) is 11.6 Å². The highest BCUT2D eigenvalue weighted by molar-refractivity contribution is 8.00. The van der Waals surface area contributed by atoms with Gasteiger partial charge in [-0.05, 0) is 52.0 Å². The average molecular weight is 396 g/mol. The summed E-state index contributed by atoms with van der Waals surface area (Å²) in [7, 11) is 1.82. The van der Waals surface area contributed by atoms with E-state index in [1.54, 1.807) is 23.6 Å². The molecule has 2 rings (SSSR count). The van der Waals surface area contributed by atoms with E-state index in [0.717, 1.165) is 5.56 Å². The normalized spacial score (nSPS) is 12.5. The van der Waals surface area contributed by atoms with E-state index in [1.807, 2.05) is 40.0 Å². The number of rotatable bonds is 4. The lowest BCUT2D eigenvalue weighted by Crippen LogP contribution is -2.49. The molecule has 2 N–H and O–H groups in total. The molecule has 1 atom stereocenters. The minimum Gasteiger partial charge on any atom is -0.333 e. The molecule has 0 aliphatic heterocycles. The molecule has 0 saturated carbocycles. The Balaban J connectivity index is 2.03. The number of benzene rings is 1. The predicted octanol–water partition coefficient (Wildman–Crippen LogP) is 3.24. The van der Waals surface area contributed by atoms with Gasteiger partial charge in [0.25, 0.3) is 0 Å². The minimum absolute atomic E-state index is 0.396. The monoisotopic (exact) mass is 395 g/mol. The van der Waals surface area contributed by atoms with Crippen molar-refractivity contribution in [1.29, 1.82) is 0 Å². The number of hydrogen-bond acceptors (Lipinski definition) is 5. The van der Waals surface area contributed by atoms with Crippen LogP contribution < -0.4 is 10.6 Å². The van der Waals surface area contributed by atoms with Crippen LogP contribution in [0.15, 0.2) is 29.4 Å². The molecule has 1 heterocycles. The van der Waals surface area contributed by atoms with Crippen molar-refractivity contribution in [2.45, 2.75) is 43.6 Å². The van der Waals surface area contributed by atoms with Crippen molar-refractivity contribution < 1.29 is 9.59 Å². The fourth-order valence-corrected chi connectivity index (χ4v) is 3.01. The first-order valence-corrected chi connectivity index (χ1v) is 9.27. The van der Waals surface area contributed by atoms with Crippen LogP contribution in [0.5, 0.6) is 0 Å². The zero-order valence-corrected chi connectivity index (χ0v) is 16.9. The number of nitrogens with zero attached hydrogens (tertiary/aromatic N) is 3. The topological polar surface area (TPSA) is 88.9 Å². The molecule has 0 fully saturated rings. The molecule has 1 aromatic carbocycles. The van der Waals surface area contributed by atoms with Gasteiger partial charge in [0.15, 0.2) is 11.0 Å². The molecule has 0 radical (unpaired) electrons. The SMILES string of the molecule is C[C@H](Sc1nnc(-c2ccc(Cl)cc2)n1C)C(=O)NC(=O)NC(C)(C)C. The smallest absolute Gasteiger partial charge is 0.321 e. The van der Waals surface area contributed by atoms with Gasteiger partial charge in [-0.3, -0.25) is 10.1 Å². The second-order valence-corrected chi connectivity index (χ2v) is 8.57. The molecule has 0 bridgehead atoms. The Kier molecular flexibility index (Phi) is 6.30. The van der Waals surface area contributed by atoms with Gasteiger partial charge in [0, 0.05) is 23.2 Å². The van der Waals surface area contributed by atoms with E-state index in [2.05, 4.69) is 20.8 Å². The molecule has 26 heavy (non-hydrogen) atoms. The summed E-state index contributed by atoms with van der Waals surface area (Å²) >= 11 is 7.13. The van der Waals surface area contributed by atoms with Crippen LogP contribution in [0.2, 0.25) is 5.02 Å². The van der Waals surface area contributed by atoms with Crippen LogP contribution >= 0.6 is 23.4 Å². The molecule has 0 aliphatic carbocycles. The molecule has 3 amide bonds. The van der Waals surface area contributed by atoms with Gasteiger partial charge in [-0.25, -0.2) is 4.79 Å². The molecule has 7 nitrogen and oxygen atoms in total. The molecule has 9 heteroatoms. The van der Waals surface area contributed by atoms with Gasteiger partial charge in [0.1, 0.15) is 0 Å². The van der Waals surface area contributed by atoms with Gasteiger partial charge < -0.3 is 9.88 Å². The first-order valence-electron chi connectivity index (χ1n) is 8.02. The van der Waals surface area contributed by atoms with Gasteiger partial charge in [0.2, 0.25) is 5.91 Å². The van der Waals surface area contributed by atoms with Crippen molar-refractivity contribution in [3.8, 4) is 11.4 Å². The second-order valence-electron chi connectivity index (χ2n) is 6.83.